The second-order valence-corrected chi connectivity index (χ2v) is 5.06. The summed E-state index contributed by atoms with van der Waals surface area (Å²) < 4.78 is 12.8. The Bertz CT molecular complexity index is 588. The molecule has 5 heteroatoms. The third kappa shape index (κ3) is 2.04. The summed E-state index contributed by atoms with van der Waals surface area (Å²) in [6, 6.07) is 6.17. The van der Waals surface area contributed by atoms with Crippen LogP contribution in [0.3, 0.4) is 0 Å². The van der Waals surface area contributed by atoms with Crippen LogP contribution in [0.2, 0.25) is 0 Å². The van der Waals surface area contributed by atoms with Crippen molar-refractivity contribution in [2.75, 3.05) is 26.1 Å². The van der Waals surface area contributed by atoms with Gasteiger partial charge in [0.25, 0.3) is 0 Å². The van der Waals surface area contributed by atoms with Gasteiger partial charge in [-0.2, -0.15) is 0 Å². The van der Waals surface area contributed by atoms with E-state index in [-0.39, 0.29) is 0 Å². The number of imidazole rings is 1. The second-order valence-electron chi connectivity index (χ2n) is 5.06. The average Bonchev–Trinajstić information content (AvgIpc) is 3.03. The van der Waals surface area contributed by atoms with Crippen LogP contribution in [0.1, 0.15) is 19.4 Å². The molecule has 0 bridgehead atoms. The minimum Gasteiger partial charge on any atom is -0.497 e. The molecule has 3 rings (SSSR count). The summed E-state index contributed by atoms with van der Waals surface area (Å²) >= 11 is 0. The monoisotopic (exact) mass is 261 g/mol. The molecule has 2 N–H and O–H groups in total. The highest BCUT2D eigenvalue weighted by atomic mass is 16.5. The van der Waals surface area contributed by atoms with Crippen LogP contribution in [0.15, 0.2) is 18.2 Å². The highest BCUT2D eigenvalue weighted by molar-refractivity contribution is 5.80. The first-order valence-corrected chi connectivity index (χ1v) is 6.60. The summed E-state index contributed by atoms with van der Waals surface area (Å²) in [5.74, 6) is 1.86. The third-order valence-corrected chi connectivity index (χ3v) is 3.98. The van der Waals surface area contributed by atoms with Gasteiger partial charge in [-0.1, -0.05) is 0 Å². The van der Waals surface area contributed by atoms with Crippen molar-refractivity contribution in [3.05, 3.63) is 18.2 Å². The van der Waals surface area contributed by atoms with Crippen LogP contribution in [-0.4, -0.2) is 29.9 Å². The fourth-order valence-corrected chi connectivity index (χ4v) is 2.80. The van der Waals surface area contributed by atoms with Gasteiger partial charge in [-0.05, 0) is 25.5 Å². The van der Waals surface area contributed by atoms with Crippen molar-refractivity contribution in [3.8, 4) is 5.75 Å². The van der Waals surface area contributed by atoms with E-state index in [2.05, 4.69) is 16.5 Å². The fourth-order valence-electron chi connectivity index (χ4n) is 2.80. The topological polar surface area (TPSA) is 62.3 Å². The lowest BCUT2D eigenvalue weighted by Crippen LogP contribution is -2.18. The molecule has 1 aromatic carbocycles. The highest BCUT2D eigenvalue weighted by Crippen LogP contribution is 2.32. The van der Waals surface area contributed by atoms with Gasteiger partial charge in [0.15, 0.2) is 0 Å². The zero-order chi connectivity index (χ0) is 13.4. The second kappa shape index (κ2) is 4.74. The molecule has 0 radical (unpaired) electrons. The Labute approximate surface area is 112 Å². The minimum atomic E-state index is 0.292. The molecule has 5 nitrogen and oxygen atoms in total. The lowest BCUT2D eigenvalue weighted by atomic mass is 10.0. The molecule has 1 saturated heterocycles. The maximum absolute atomic E-state index is 6.08. The molecule has 1 fully saturated rings. The first-order chi connectivity index (χ1) is 9.20. The number of hydrogen-bond acceptors (Lipinski definition) is 4. The van der Waals surface area contributed by atoms with Crippen molar-refractivity contribution in [2.45, 2.75) is 19.4 Å². The summed E-state index contributed by atoms with van der Waals surface area (Å²) in [6.45, 7) is 3.83. The molecule has 102 valence electrons. The smallest absolute Gasteiger partial charge is 0.201 e. The number of nitrogens with two attached hydrogens (primary N) is 1. The van der Waals surface area contributed by atoms with Gasteiger partial charge in [-0.15, -0.1) is 0 Å². The molecule has 1 aliphatic rings. The van der Waals surface area contributed by atoms with E-state index in [9.17, 15) is 0 Å². The zero-order valence-corrected chi connectivity index (χ0v) is 11.3. The number of nitrogens with zero attached hydrogens (tertiary/aromatic N) is 2. The van der Waals surface area contributed by atoms with E-state index >= 15 is 0 Å². The molecular formula is C14H19N3O2. The van der Waals surface area contributed by atoms with Crippen molar-refractivity contribution in [1.82, 2.24) is 9.55 Å². The van der Waals surface area contributed by atoms with Crippen molar-refractivity contribution < 1.29 is 9.47 Å². The lowest BCUT2D eigenvalue weighted by molar-refractivity contribution is 0.176. The van der Waals surface area contributed by atoms with Crippen LogP contribution in [0.25, 0.3) is 11.0 Å². The largest absolute Gasteiger partial charge is 0.497 e. The standard InChI is InChI=1S/C14H19N3O2/c1-9(10-5-6-19-8-10)17-13-4-3-11(18-2)7-12(13)16-14(17)15/h3-4,7,9-10H,5-6,8H2,1-2H3,(H2,15,16). The maximum atomic E-state index is 6.08. The fraction of sp³-hybridized carbons (Fsp3) is 0.500. The van der Waals surface area contributed by atoms with Gasteiger partial charge in [-0.25, -0.2) is 4.98 Å². The Morgan fingerprint density at radius 3 is 3.05 bits per heavy atom. The molecule has 0 amide bonds. The van der Waals surface area contributed by atoms with Crippen molar-refractivity contribution in [1.29, 1.82) is 0 Å². The summed E-state index contributed by atoms with van der Waals surface area (Å²) in [7, 11) is 1.65. The van der Waals surface area contributed by atoms with Gasteiger partial charge in [0, 0.05) is 24.6 Å². The number of fused-ring (bicyclic) bond motifs is 1. The zero-order valence-electron chi connectivity index (χ0n) is 11.3. The predicted octanol–water partition coefficient (Wildman–Crippen LogP) is 2.22. The van der Waals surface area contributed by atoms with Crippen molar-refractivity contribution >= 4 is 17.0 Å². The van der Waals surface area contributed by atoms with Crippen LogP contribution in [0.5, 0.6) is 5.75 Å². The predicted molar refractivity (Wildman–Crippen MR) is 74.3 cm³/mol. The molecule has 2 atom stereocenters. The van der Waals surface area contributed by atoms with Crippen LogP contribution in [0.4, 0.5) is 5.95 Å². The lowest BCUT2D eigenvalue weighted by Gasteiger charge is -2.21. The SMILES string of the molecule is COc1ccc2c(c1)nc(N)n2C(C)C1CCOC1. The van der Waals surface area contributed by atoms with Crippen molar-refractivity contribution in [3.63, 3.8) is 0 Å². The van der Waals surface area contributed by atoms with E-state index in [1.54, 1.807) is 7.11 Å². The maximum Gasteiger partial charge on any atom is 0.201 e. The average molecular weight is 261 g/mol. The molecule has 0 aliphatic carbocycles. The Kier molecular flexibility index (Phi) is 3.06. The molecule has 2 heterocycles. The molecular weight excluding hydrogens is 242 g/mol. The molecule has 0 saturated carbocycles. The van der Waals surface area contributed by atoms with E-state index in [0.717, 1.165) is 36.4 Å². The van der Waals surface area contributed by atoms with Crippen LogP contribution >= 0.6 is 0 Å². The quantitative estimate of drug-likeness (QED) is 0.920. The number of hydrogen-bond donors (Lipinski definition) is 1. The first kappa shape index (κ1) is 12.3. The van der Waals surface area contributed by atoms with E-state index in [0.29, 0.717) is 17.9 Å². The first-order valence-electron chi connectivity index (χ1n) is 6.60. The summed E-state index contributed by atoms with van der Waals surface area (Å²) in [5, 5.41) is 0. The van der Waals surface area contributed by atoms with E-state index < -0.39 is 0 Å². The summed E-state index contributed by atoms with van der Waals surface area (Å²) in [6.07, 6.45) is 1.08. The molecule has 1 aliphatic heterocycles. The van der Waals surface area contributed by atoms with Gasteiger partial charge in [0.1, 0.15) is 5.75 Å². The van der Waals surface area contributed by atoms with Crippen LogP contribution in [0, 0.1) is 5.92 Å². The minimum absolute atomic E-state index is 0.292. The molecule has 0 spiro atoms. The molecule has 19 heavy (non-hydrogen) atoms. The van der Waals surface area contributed by atoms with Gasteiger partial charge in [0.2, 0.25) is 5.95 Å². The van der Waals surface area contributed by atoms with E-state index in [1.807, 2.05) is 18.2 Å². The summed E-state index contributed by atoms with van der Waals surface area (Å²) in [4.78, 5) is 4.43. The highest BCUT2D eigenvalue weighted by Gasteiger charge is 2.26. The van der Waals surface area contributed by atoms with Gasteiger partial charge in [-0.3, -0.25) is 0 Å². The number of nitrogen functional groups attached to an aromatic ring is 1. The number of benzene rings is 1. The Morgan fingerprint density at radius 2 is 2.37 bits per heavy atom. The summed E-state index contributed by atoms with van der Waals surface area (Å²) in [5.41, 5.74) is 8.01. The Balaban J connectivity index is 2.04. The number of anilines is 1. The normalized spacial score (nSPS) is 20.8. The number of rotatable bonds is 3. The third-order valence-electron chi connectivity index (χ3n) is 3.98. The molecule has 2 aromatic rings. The van der Waals surface area contributed by atoms with Gasteiger partial charge < -0.3 is 19.8 Å². The van der Waals surface area contributed by atoms with Gasteiger partial charge >= 0.3 is 0 Å². The van der Waals surface area contributed by atoms with Crippen LogP contribution in [-0.2, 0) is 4.74 Å². The van der Waals surface area contributed by atoms with E-state index in [4.69, 9.17) is 15.2 Å². The van der Waals surface area contributed by atoms with Crippen LogP contribution < -0.4 is 10.5 Å². The number of aromatic nitrogens is 2. The number of ether oxygens (including phenoxy) is 2. The molecule has 1 aromatic heterocycles. The number of methoxy groups -OCH3 is 1. The van der Waals surface area contributed by atoms with E-state index in [1.165, 1.54) is 0 Å². The van der Waals surface area contributed by atoms with Gasteiger partial charge in [0.05, 0.1) is 24.8 Å². The van der Waals surface area contributed by atoms with Crippen molar-refractivity contribution in [2.24, 2.45) is 5.92 Å². The Morgan fingerprint density at radius 1 is 1.53 bits per heavy atom. The molecule has 2 unspecified atom stereocenters. The Hall–Kier alpha value is -1.75.